The number of hydrogen-bond acceptors (Lipinski definition) is 2. The second kappa shape index (κ2) is 19.0. The van der Waals surface area contributed by atoms with Crippen LogP contribution in [-0.2, 0) is 10.8 Å². The Bertz CT molecular complexity index is 4450. The van der Waals surface area contributed by atoms with E-state index >= 15 is 0 Å². The van der Waals surface area contributed by atoms with Crippen molar-refractivity contribution in [3.05, 3.63) is 366 Å². The van der Waals surface area contributed by atoms with Crippen LogP contribution in [0.5, 0.6) is 0 Å². The van der Waals surface area contributed by atoms with Crippen molar-refractivity contribution in [2.24, 2.45) is 0 Å². The largest absolute Gasteiger partial charge is 0.308 e. The molecule has 2 heterocycles. The van der Waals surface area contributed by atoms with Gasteiger partial charge in [-0.25, -0.2) is 4.52 Å². The minimum absolute atomic E-state index is 0.642. The Morgan fingerprint density at radius 3 is 1.10 bits per heavy atom. The van der Waals surface area contributed by atoms with E-state index in [0.29, 0.717) is 0 Å². The molecule has 82 heavy (non-hydrogen) atoms. The highest BCUT2D eigenvalue weighted by Crippen LogP contribution is 2.61. The summed E-state index contributed by atoms with van der Waals surface area (Å²) in [7, 11) is 0. The van der Waals surface area contributed by atoms with Gasteiger partial charge in [-0.3, -0.25) is 0 Å². The lowest BCUT2D eigenvalue weighted by molar-refractivity contribution is 0.767. The monoisotopic (exact) mass is 1040 g/mol. The first-order valence-corrected chi connectivity index (χ1v) is 28.4. The van der Waals surface area contributed by atoms with Gasteiger partial charge in [0.1, 0.15) is 5.69 Å². The summed E-state index contributed by atoms with van der Waals surface area (Å²) in [5.74, 6) is 0. The van der Waals surface area contributed by atoms with Crippen LogP contribution in [0.3, 0.4) is 0 Å². The third kappa shape index (κ3) is 6.93. The van der Waals surface area contributed by atoms with Crippen molar-refractivity contribution in [3.63, 3.8) is 0 Å². The molecule has 0 bridgehead atoms. The average Bonchev–Trinajstić information content (AvgIpc) is 3.04. The Morgan fingerprint density at radius 1 is 0.293 bits per heavy atom. The van der Waals surface area contributed by atoms with Gasteiger partial charge in [-0.1, -0.05) is 297 Å². The molecular formula is C79H53N3. The van der Waals surface area contributed by atoms with Crippen LogP contribution < -0.4 is 4.90 Å². The molecule has 2 aliphatic carbocycles. The van der Waals surface area contributed by atoms with Crippen LogP contribution in [0.4, 0.5) is 17.1 Å². The minimum atomic E-state index is -0.642. The summed E-state index contributed by atoms with van der Waals surface area (Å²) < 4.78 is 2.27. The molecule has 0 saturated carbocycles. The maximum atomic E-state index is 5.88. The summed E-state index contributed by atoms with van der Waals surface area (Å²) in [5.41, 5.74) is 23.9. The highest BCUT2D eigenvalue weighted by atomic mass is 15.3. The van der Waals surface area contributed by atoms with Crippen LogP contribution in [0.1, 0.15) is 44.5 Å². The zero-order valence-electron chi connectivity index (χ0n) is 44.9. The van der Waals surface area contributed by atoms with Gasteiger partial charge in [-0.15, -0.1) is 0 Å². The van der Waals surface area contributed by atoms with Crippen LogP contribution >= 0.6 is 0 Å². The Balaban J connectivity index is 1.08. The first kappa shape index (κ1) is 47.4. The summed E-state index contributed by atoms with van der Waals surface area (Å²) in [6.07, 6.45) is 0. The quantitative estimate of drug-likeness (QED) is 0.136. The van der Waals surface area contributed by atoms with Crippen molar-refractivity contribution >= 4 is 33.4 Å². The summed E-state index contributed by atoms with van der Waals surface area (Å²) in [6, 6.07) is 119. The van der Waals surface area contributed by atoms with Gasteiger partial charge < -0.3 is 4.90 Å². The van der Waals surface area contributed by atoms with E-state index in [0.717, 1.165) is 67.0 Å². The van der Waals surface area contributed by atoms with Crippen LogP contribution in [0.15, 0.2) is 322 Å². The van der Waals surface area contributed by atoms with E-state index in [1.807, 2.05) is 0 Å². The summed E-state index contributed by atoms with van der Waals surface area (Å²) in [5, 5.41) is 8.09. The topological polar surface area (TPSA) is 20.5 Å². The third-order valence-corrected chi connectivity index (χ3v) is 17.5. The van der Waals surface area contributed by atoms with Gasteiger partial charge in [0, 0.05) is 38.8 Å². The van der Waals surface area contributed by atoms with Crippen molar-refractivity contribution in [1.29, 1.82) is 0 Å². The molecule has 2 aromatic heterocycles. The average molecular weight is 1040 g/mol. The Hall–Kier alpha value is -10.6. The maximum Gasteiger partial charge on any atom is 0.101 e. The van der Waals surface area contributed by atoms with Crippen molar-refractivity contribution in [3.8, 4) is 55.9 Å². The molecule has 0 N–H and O–H groups in total. The first-order chi connectivity index (χ1) is 40.7. The normalized spacial score (nSPS) is 13.3. The van der Waals surface area contributed by atoms with Crippen LogP contribution in [0.25, 0.3) is 72.2 Å². The lowest BCUT2D eigenvalue weighted by atomic mass is 9.67. The smallest absolute Gasteiger partial charge is 0.101 e. The van der Waals surface area contributed by atoms with E-state index in [1.54, 1.807) is 0 Å². The molecular weight excluding hydrogens is 991 g/mol. The van der Waals surface area contributed by atoms with E-state index in [1.165, 1.54) is 66.8 Å². The molecule has 0 fully saturated rings. The number of fused-ring (bicyclic) bond motifs is 9. The van der Waals surface area contributed by atoms with E-state index in [9.17, 15) is 0 Å². The highest BCUT2D eigenvalue weighted by molar-refractivity contribution is 6.16. The van der Waals surface area contributed by atoms with Gasteiger partial charge >= 0.3 is 0 Å². The molecule has 14 aromatic rings. The molecule has 0 spiro atoms. The van der Waals surface area contributed by atoms with Gasteiger partial charge in [0.15, 0.2) is 0 Å². The van der Waals surface area contributed by atoms with Gasteiger partial charge in [0.05, 0.1) is 27.7 Å². The fourth-order valence-electron chi connectivity index (χ4n) is 14.3. The molecule has 3 heteroatoms. The molecule has 0 unspecified atom stereocenters. The number of anilines is 3. The van der Waals surface area contributed by atoms with Crippen molar-refractivity contribution in [2.45, 2.75) is 10.8 Å². The number of benzene rings is 12. The molecule has 0 atom stereocenters. The SMILES string of the molecule is c1ccc(-c2nn3c(-c4ccccc4)c(N(c4ccc5c(c4)C(c4ccccc4)(c4ccccc4)c4ccccc4-5)c4ccc5c(c4)C(c4ccccc4)(c4ccccc4)c4ccccc4-5)c4ccccc4c3c2-c2ccccc2)cc1. The standard InChI is InChI=1S/C79H53N3/c1-8-28-54(29-9-1)73-74(55-30-10-2-11-31-55)80-82-75(56-32-12-3-13-33-56)77(68-45-23-22-44-67(68)76(73)82)81(61-48-50-65-63-42-24-26-46-69(63)78(71(65)52-61,57-34-14-4-15-35-57)58-36-16-5-17-37-58)62-49-51-66-64-43-25-27-47-70(64)79(72(66)53-62,59-38-18-6-19-39-59)60-40-20-7-21-41-60/h1-53H. The Labute approximate surface area is 478 Å². The second-order valence-electron chi connectivity index (χ2n) is 21.7. The third-order valence-electron chi connectivity index (χ3n) is 17.5. The summed E-state index contributed by atoms with van der Waals surface area (Å²) in [4.78, 5) is 2.57. The second-order valence-corrected chi connectivity index (χ2v) is 21.7. The molecule has 0 radical (unpaired) electrons. The summed E-state index contributed by atoms with van der Waals surface area (Å²) in [6.45, 7) is 0. The first-order valence-electron chi connectivity index (χ1n) is 28.4. The molecule has 0 saturated heterocycles. The predicted molar refractivity (Wildman–Crippen MR) is 338 cm³/mol. The highest BCUT2D eigenvalue weighted by Gasteiger charge is 2.48. The number of rotatable bonds is 10. The summed E-state index contributed by atoms with van der Waals surface area (Å²) >= 11 is 0. The molecule has 0 amide bonds. The molecule has 12 aromatic carbocycles. The van der Waals surface area contributed by atoms with E-state index < -0.39 is 10.8 Å². The Kier molecular flexibility index (Phi) is 11.0. The van der Waals surface area contributed by atoms with Gasteiger partial charge in [0.2, 0.25) is 0 Å². The molecule has 16 rings (SSSR count). The number of nitrogens with zero attached hydrogens (tertiary/aromatic N) is 3. The van der Waals surface area contributed by atoms with Gasteiger partial charge in [-0.2, -0.15) is 5.10 Å². The molecule has 384 valence electrons. The zero-order valence-corrected chi connectivity index (χ0v) is 44.9. The van der Waals surface area contributed by atoms with Gasteiger partial charge in [-0.05, 0) is 96.6 Å². The molecule has 3 nitrogen and oxygen atoms in total. The van der Waals surface area contributed by atoms with Crippen LogP contribution in [0.2, 0.25) is 0 Å². The maximum absolute atomic E-state index is 5.88. The van der Waals surface area contributed by atoms with Crippen LogP contribution in [-0.4, -0.2) is 9.61 Å². The van der Waals surface area contributed by atoms with Crippen molar-refractivity contribution in [1.82, 2.24) is 9.61 Å². The predicted octanol–water partition coefficient (Wildman–Crippen LogP) is 19.7. The Morgan fingerprint density at radius 2 is 0.646 bits per heavy atom. The van der Waals surface area contributed by atoms with E-state index in [2.05, 4.69) is 331 Å². The van der Waals surface area contributed by atoms with Gasteiger partial charge in [0.25, 0.3) is 0 Å². The fourth-order valence-corrected chi connectivity index (χ4v) is 14.3. The lowest BCUT2D eigenvalue weighted by Gasteiger charge is -2.36. The fraction of sp³-hybridized carbons (Fsp3) is 0.0253. The van der Waals surface area contributed by atoms with E-state index in [4.69, 9.17) is 5.10 Å². The molecule has 0 aliphatic heterocycles. The van der Waals surface area contributed by atoms with Crippen molar-refractivity contribution < 1.29 is 0 Å². The number of hydrogen-bond donors (Lipinski definition) is 0. The van der Waals surface area contributed by atoms with E-state index in [-0.39, 0.29) is 0 Å². The minimum Gasteiger partial charge on any atom is -0.308 e. The number of aromatic nitrogens is 2. The number of pyridine rings is 1. The van der Waals surface area contributed by atoms with Crippen LogP contribution in [0, 0.1) is 0 Å². The zero-order chi connectivity index (χ0) is 54.2. The molecule has 2 aliphatic rings. The lowest BCUT2D eigenvalue weighted by Crippen LogP contribution is -2.29. The van der Waals surface area contributed by atoms with Crippen molar-refractivity contribution in [2.75, 3.05) is 4.90 Å².